The van der Waals surface area contributed by atoms with E-state index >= 15 is 0 Å². The summed E-state index contributed by atoms with van der Waals surface area (Å²) in [5.74, 6) is -3.31. The lowest BCUT2D eigenvalue weighted by Crippen LogP contribution is -2.44. The number of fused-ring (bicyclic) bond motifs is 1. The lowest BCUT2D eigenvalue weighted by Gasteiger charge is -2.30. The Morgan fingerprint density at radius 2 is 1.97 bits per heavy atom. The summed E-state index contributed by atoms with van der Waals surface area (Å²) in [6.45, 7) is 0.306. The number of hydrogen-bond donors (Lipinski definition) is 0. The third-order valence-corrected chi connectivity index (χ3v) is 5.52. The van der Waals surface area contributed by atoms with Gasteiger partial charge in [-0.3, -0.25) is 4.98 Å². The number of halogens is 6. The summed E-state index contributed by atoms with van der Waals surface area (Å²) in [4.78, 5) is 5.09. The summed E-state index contributed by atoms with van der Waals surface area (Å²) in [7, 11) is 0. The quantitative estimate of drug-likeness (QED) is 0.436. The largest absolute Gasteiger partial charge is 0.419 e. The van der Waals surface area contributed by atoms with Crippen LogP contribution >= 0.6 is 15.9 Å². The molecule has 0 bridgehead atoms. The molecule has 0 saturated carbocycles. The Morgan fingerprint density at radius 1 is 1.22 bits per heavy atom. The zero-order valence-electron chi connectivity index (χ0n) is 16.3. The van der Waals surface area contributed by atoms with Crippen molar-refractivity contribution in [2.75, 3.05) is 4.90 Å². The van der Waals surface area contributed by atoms with Crippen molar-refractivity contribution in [2.24, 2.45) is 0 Å². The number of aromatic nitrogens is 3. The van der Waals surface area contributed by atoms with Crippen molar-refractivity contribution >= 4 is 21.6 Å². The molecule has 0 aliphatic carbocycles. The van der Waals surface area contributed by atoms with Crippen molar-refractivity contribution in [1.82, 2.24) is 15.2 Å². The van der Waals surface area contributed by atoms with Crippen LogP contribution in [0, 0.1) is 11.3 Å². The van der Waals surface area contributed by atoms with Crippen molar-refractivity contribution in [1.29, 1.82) is 5.26 Å². The molecule has 3 heterocycles. The Labute approximate surface area is 186 Å². The first-order valence-corrected chi connectivity index (χ1v) is 9.99. The van der Waals surface area contributed by atoms with Crippen LogP contribution in [-0.2, 0) is 19.1 Å². The average Bonchev–Trinajstić information content (AvgIpc) is 3.31. The molecule has 32 heavy (non-hydrogen) atoms. The molecule has 1 unspecified atom stereocenters. The van der Waals surface area contributed by atoms with Crippen LogP contribution in [0.15, 0.2) is 39.5 Å². The van der Waals surface area contributed by atoms with Crippen LogP contribution in [0.1, 0.15) is 29.5 Å². The van der Waals surface area contributed by atoms with E-state index in [-0.39, 0.29) is 29.6 Å². The number of nitriles is 1. The minimum atomic E-state index is -4.87. The average molecular weight is 514 g/mol. The molecule has 1 aliphatic rings. The van der Waals surface area contributed by atoms with Gasteiger partial charge in [0.2, 0.25) is 11.8 Å². The zero-order valence-corrected chi connectivity index (χ0v) is 17.9. The van der Waals surface area contributed by atoms with Gasteiger partial charge in [-0.25, -0.2) is 8.78 Å². The van der Waals surface area contributed by atoms with E-state index in [9.17, 15) is 22.0 Å². The van der Waals surface area contributed by atoms with Gasteiger partial charge in [-0.15, -0.1) is 10.2 Å². The summed E-state index contributed by atoms with van der Waals surface area (Å²) >= 11 is 3.26. The molecule has 0 fully saturated rings. The van der Waals surface area contributed by atoms with Crippen LogP contribution in [-0.4, -0.2) is 27.1 Å². The van der Waals surface area contributed by atoms with E-state index in [4.69, 9.17) is 9.68 Å². The predicted molar refractivity (Wildman–Crippen MR) is 106 cm³/mol. The molecular weight excluding hydrogens is 501 g/mol. The second-order valence-electron chi connectivity index (χ2n) is 7.29. The molecule has 6 nitrogen and oxygen atoms in total. The Balaban J connectivity index is 1.75. The molecule has 0 amide bonds. The normalized spacial score (nSPS) is 16.2. The second-order valence-corrected chi connectivity index (χ2v) is 8.21. The highest BCUT2D eigenvalue weighted by molar-refractivity contribution is 9.10. The zero-order chi connectivity index (χ0) is 23.3. The third kappa shape index (κ3) is 4.04. The maximum Gasteiger partial charge on any atom is 0.418 e. The topological polar surface area (TPSA) is 78.8 Å². The van der Waals surface area contributed by atoms with Gasteiger partial charge in [-0.1, -0.05) is 0 Å². The maximum atomic E-state index is 14.4. The van der Waals surface area contributed by atoms with Crippen molar-refractivity contribution < 1.29 is 26.4 Å². The molecule has 166 valence electrons. The van der Waals surface area contributed by atoms with Crippen molar-refractivity contribution in [3.63, 3.8) is 0 Å². The fourth-order valence-electron chi connectivity index (χ4n) is 3.76. The molecule has 1 atom stereocenters. The van der Waals surface area contributed by atoms with Gasteiger partial charge >= 0.3 is 6.18 Å². The van der Waals surface area contributed by atoms with Gasteiger partial charge in [0.1, 0.15) is 0 Å². The Kier molecular flexibility index (Phi) is 5.40. The molecule has 12 heteroatoms. The molecule has 1 aromatic carbocycles. The monoisotopic (exact) mass is 513 g/mol. The molecule has 0 radical (unpaired) electrons. The number of anilines is 1. The maximum absolute atomic E-state index is 14.4. The number of rotatable bonds is 4. The number of benzene rings is 1. The highest BCUT2D eigenvalue weighted by atomic mass is 79.9. The molecule has 1 aliphatic heterocycles. The van der Waals surface area contributed by atoms with E-state index in [1.807, 2.05) is 0 Å². The molecular formula is C20H13BrF5N5O. The van der Waals surface area contributed by atoms with Crippen LogP contribution in [0.4, 0.5) is 27.6 Å². The van der Waals surface area contributed by atoms with E-state index in [1.54, 1.807) is 12.3 Å². The standard InChI is InChI=1S/C20H13BrF5N5O/c1-19(22,23)15-5-13-14(3-2-10(6-27)17(13)20(24,25)26)31(15)9-16-29-30-18(32-16)11-4-12(21)8-28-7-11/h2-4,7-8,15H,5,9H2,1H3. The first kappa shape index (κ1) is 22.1. The van der Waals surface area contributed by atoms with Crippen molar-refractivity contribution in [2.45, 2.75) is 38.0 Å². The van der Waals surface area contributed by atoms with E-state index in [0.29, 0.717) is 17.0 Å². The minimum Gasteiger partial charge on any atom is -0.419 e. The van der Waals surface area contributed by atoms with Crippen LogP contribution in [0.3, 0.4) is 0 Å². The first-order chi connectivity index (χ1) is 15.0. The summed E-state index contributed by atoms with van der Waals surface area (Å²) in [6, 6.07) is 3.80. The van der Waals surface area contributed by atoms with E-state index in [2.05, 4.69) is 31.1 Å². The predicted octanol–water partition coefficient (Wildman–Crippen LogP) is 5.37. The second kappa shape index (κ2) is 7.81. The Morgan fingerprint density at radius 3 is 2.59 bits per heavy atom. The van der Waals surface area contributed by atoms with Crippen LogP contribution < -0.4 is 4.90 Å². The van der Waals surface area contributed by atoms with Gasteiger partial charge in [-0.05, 0) is 39.7 Å². The smallest absolute Gasteiger partial charge is 0.418 e. The van der Waals surface area contributed by atoms with Gasteiger partial charge in [-0.2, -0.15) is 18.4 Å². The van der Waals surface area contributed by atoms with Gasteiger partial charge in [0.05, 0.1) is 35.3 Å². The fourth-order valence-corrected chi connectivity index (χ4v) is 4.12. The molecule has 0 N–H and O–H groups in total. The molecule has 3 aromatic rings. The minimum absolute atomic E-state index is 0.0493. The van der Waals surface area contributed by atoms with E-state index in [0.717, 1.165) is 11.0 Å². The van der Waals surface area contributed by atoms with Crippen molar-refractivity contribution in [3.05, 3.63) is 57.6 Å². The summed E-state index contributed by atoms with van der Waals surface area (Å²) in [5, 5.41) is 16.9. The summed E-state index contributed by atoms with van der Waals surface area (Å²) in [5.41, 5.74) is -1.72. The fraction of sp³-hybridized carbons (Fsp3) is 0.300. The molecule has 4 rings (SSSR count). The Bertz CT molecular complexity index is 1210. The molecule has 0 spiro atoms. The highest BCUT2D eigenvalue weighted by Gasteiger charge is 2.48. The van der Waals surface area contributed by atoms with E-state index in [1.165, 1.54) is 18.3 Å². The van der Waals surface area contributed by atoms with E-state index < -0.39 is 35.7 Å². The first-order valence-electron chi connectivity index (χ1n) is 9.20. The number of nitrogens with zero attached hydrogens (tertiary/aromatic N) is 5. The number of alkyl halides is 5. The number of hydrogen-bond acceptors (Lipinski definition) is 6. The van der Waals surface area contributed by atoms with Gasteiger partial charge in [0.15, 0.2) is 0 Å². The van der Waals surface area contributed by atoms with Crippen LogP contribution in [0.2, 0.25) is 0 Å². The number of pyridine rings is 1. The summed E-state index contributed by atoms with van der Waals surface area (Å²) in [6.07, 6.45) is -2.44. The van der Waals surface area contributed by atoms with Crippen LogP contribution in [0.25, 0.3) is 11.5 Å². The Hall–Kier alpha value is -3.07. The highest BCUT2D eigenvalue weighted by Crippen LogP contribution is 2.46. The molecule has 2 aromatic heterocycles. The van der Waals surface area contributed by atoms with Gasteiger partial charge < -0.3 is 9.32 Å². The summed E-state index contributed by atoms with van der Waals surface area (Å²) < 4.78 is 76.1. The van der Waals surface area contributed by atoms with Crippen molar-refractivity contribution in [3.8, 4) is 17.5 Å². The van der Waals surface area contributed by atoms with Crippen LogP contribution in [0.5, 0.6) is 0 Å². The SMILES string of the molecule is CC(F)(F)C1Cc2c(ccc(C#N)c2C(F)(F)F)N1Cc1nnc(-c2cncc(Br)c2)o1. The lowest BCUT2D eigenvalue weighted by molar-refractivity contribution is -0.138. The lowest BCUT2D eigenvalue weighted by atomic mass is 9.96. The molecule has 0 saturated heterocycles. The van der Waals surface area contributed by atoms with Gasteiger partial charge in [0.25, 0.3) is 5.92 Å². The van der Waals surface area contributed by atoms with Gasteiger partial charge in [0, 0.05) is 35.9 Å². The third-order valence-electron chi connectivity index (χ3n) is 5.08.